The number of nitrogens with zero attached hydrogens (tertiary/aromatic N) is 3. The van der Waals surface area contributed by atoms with Crippen LogP contribution in [0.1, 0.15) is 68.4 Å². The van der Waals surface area contributed by atoms with Crippen LogP contribution in [0.3, 0.4) is 0 Å². The van der Waals surface area contributed by atoms with E-state index in [-0.39, 0.29) is 17.3 Å². The van der Waals surface area contributed by atoms with Crippen LogP contribution in [-0.4, -0.2) is 78.2 Å². The van der Waals surface area contributed by atoms with Gasteiger partial charge in [0.2, 0.25) is 0 Å². The Bertz CT molecular complexity index is 1080. The zero-order valence-electron chi connectivity index (χ0n) is 24.2. The van der Waals surface area contributed by atoms with Gasteiger partial charge in [-0.25, -0.2) is 4.98 Å². The molecule has 1 amide bonds. The Morgan fingerprint density at radius 2 is 1.77 bits per heavy atom. The molecule has 3 N–H and O–H groups in total. The number of Topliss-reactive ketones (excluding diaryl/α,β-unsaturated/α-hetero) is 1. The maximum absolute atomic E-state index is 14.1. The molecule has 2 atom stereocenters. The van der Waals surface area contributed by atoms with Crippen LogP contribution in [0.4, 0.5) is 0 Å². The van der Waals surface area contributed by atoms with Gasteiger partial charge < -0.3 is 24.8 Å². The Morgan fingerprint density at radius 1 is 1.05 bits per heavy atom. The van der Waals surface area contributed by atoms with Crippen molar-refractivity contribution < 1.29 is 23.3 Å². The van der Waals surface area contributed by atoms with E-state index in [2.05, 4.69) is 29.1 Å². The van der Waals surface area contributed by atoms with Gasteiger partial charge in [0.1, 0.15) is 5.69 Å². The minimum atomic E-state index is -1.69. The zero-order valence-corrected chi connectivity index (χ0v) is 24.2. The van der Waals surface area contributed by atoms with E-state index < -0.39 is 18.6 Å². The summed E-state index contributed by atoms with van der Waals surface area (Å²) < 4.78 is 14.0. The number of aromatic nitrogens is 2. The van der Waals surface area contributed by atoms with Crippen LogP contribution in [-0.2, 0) is 20.5 Å². The summed E-state index contributed by atoms with van der Waals surface area (Å²) in [6.45, 7) is 7.58. The fourth-order valence-corrected chi connectivity index (χ4v) is 6.84. The van der Waals surface area contributed by atoms with Gasteiger partial charge in [-0.05, 0) is 55.9 Å². The smallest absolute Gasteiger partial charge is 0.476 e. The van der Waals surface area contributed by atoms with Gasteiger partial charge in [0.05, 0.1) is 38.5 Å². The molecule has 0 aliphatic carbocycles. The lowest BCUT2D eigenvalue weighted by Gasteiger charge is -2.51. The topological polar surface area (TPSA) is 116 Å². The van der Waals surface area contributed by atoms with Gasteiger partial charge in [0.25, 0.3) is 5.91 Å². The molecule has 2 fully saturated rings. The summed E-state index contributed by atoms with van der Waals surface area (Å²) in [5.41, 5.74) is 6.88. The number of fused-ring (bicyclic) bond motifs is 1. The van der Waals surface area contributed by atoms with Gasteiger partial charge in [-0.3, -0.25) is 14.6 Å². The number of nitrogens with one attached hydrogen (secondary N) is 1. The SMILES string of the molecule is CC(C)C[C@H](CC(=O)[C@H](Cc1ccccc1)NC(=O)c1cnccn1)[B-]12OCC[N+]1(CCCCCCN)CCO2. The van der Waals surface area contributed by atoms with Crippen molar-refractivity contribution in [1.82, 2.24) is 15.3 Å². The molecule has 0 saturated carbocycles. The number of unbranched alkanes of at least 4 members (excludes halogenated alkanes) is 3. The molecule has 1 aromatic heterocycles. The highest BCUT2D eigenvalue weighted by atomic mass is 16.6. The van der Waals surface area contributed by atoms with Crippen LogP contribution >= 0.6 is 0 Å². The highest BCUT2D eigenvalue weighted by Gasteiger charge is 2.62. The molecule has 2 aliphatic heterocycles. The summed E-state index contributed by atoms with van der Waals surface area (Å²) in [7, 11) is 0. The second-order valence-corrected chi connectivity index (χ2v) is 11.9. The van der Waals surface area contributed by atoms with E-state index in [9.17, 15) is 9.59 Å². The average Bonchev–Trinajstić information content (AvgIpc) is 3.49. The maximum atomic E-state index is 14.1. The van der Waals surface area contributed by atoms with Crippen LogP contribution in [0, 0.1) is 5.92 Å². The fraction of sp³-hybridized carbons (Fsp3) is 0.600. The summed E-state index contributed by atoms with van der Waals surface area (Å²) in [4.78, 5) is 35.3. The molecule has 9 nitrogen and oxygen atoms in total. The summed E-state index contributed by atoms with van der Waals surface area (Å²) >= 11 is 0. The highest BCUT2D eigenvalue weighted by molar-refractivity contribution is 6.62. The molecule has 4 rings (SSSR count). The van der Waals surface area contributed by atoms with E-state index in [1.54, 1.807) is 0 Å². The Labute approximate surface area is 238 Å². The van der Waals surface area contributed by atoms with Crippen molar-refractivity contribution in [2.45, 2.75) is 70.7 Å². The Hall–Kier alpha value is -2.66. The lowest BCUT2D eigenvalue weighted by molar-refractivity contribution is -0.823. The number of nitrogens with two attached hydrogens (primary N) is 1. The molecule has 10 heteroatoms. The molecular formula is C30H46BN5O4. The Kier molecular flexibility index (Phi) is 10.8. The van der Waals surface area contributed by atoms with Crippen molar-refractivity contribution in [2.75, 3.05) is 39.4 Å². The van der Waals surface area contributed by atoms with Gasteiger partial charge in [0, 0.05) is 18.9 Å². The van der Waals surface area contributed by atoms with Gasteiger partial charge in [-0.1, -0.05) is 57.0 Å². The molecule has 0 spiro atoms. The van der Waals surface area contributed by atoms with Crippen molar-refractivity contribution in [2.24, 2.45) is 11.7 Å². The van der Waals surface area contributed by atoms with Crippen molar-refractivity contribution in [3.8, 4) is 0 Å². The van der Waals surface area contributed by atoms with Crippen molar-refractivity contribution in [3.05, 3.63) is 60.2 Å². The van der Waals surface area contributed by atoms with Crippen LogP contribution < -0.4 is 11.1 Å². The number of carbonyl (C=O) groups is 2. The molecule has 40 heavy (non-hydrogen) atoms. The predicted molar refractivity (Wildman–Crippen MR) is 156 cm³/mol. The first-order valence-corrected chi connectivity index (χ1v) is 15.0. The van der Waals surface area contributed by atoms with E-state index in [0.29, 0.717) is 32.0 Å². The molecule has 218 valence electrons. The molecule has 2 aromatic rings. The number of ketones is 1. The van der Waals surface area contributed by atoms with E-state index >= 15 is 0 Å². The number of hydrogen-bond acceptors (Lipinski definition) is 7. The molecule has 2 saturated heterocycles. The van der Waals surface area contributed by atoms with Gasteiger partial charge >= 0.3 is 6.69 Å². The van der Waals surface area contributed by atoms with Gasteiger partial charge in [-0.2, -0.15) is 0 Å². The Morgan fingerprint density at radius 3 is 2.42 bits per heavy atom. The standard InChI is InChI=1S/C30H46BN5O4/c1-24(2)20-26(31-36(16-18-39-31,17-19-40-31)15-9-4-3-8-12-32)22-29(37)27(21-25-10-6-5-7-11-25)35-30(38)28-23-33-13-14-34-28/h5-7,10-11,13-14,23-24,26-27H,3-4,8-9,12,15-22,32H2,1-2H3,(H,35,38)/t26-,27+,31?,36?/m1/s1. The minimum absolute atomic E-state index is 0.00459. The Balaban J connectivity index is 1.56. The van der Waals surface area contributed by atoms with Crippen LogP contribution in [0.2, 0.25) is 5.82 Å². The maximum Gasteiger partial charge on any atom is 0.476 e. The molecule has 1 aromatic carbocycles. The first-order chi connectivity index (χ1) is 19.4. The second-order valence-electron chi connectivity index (χ2n) is 11.9. The minimum Gasteiger partial charge on any atom is -0.509 e. The molecule has 0 bridgehead atoms. The van der Waals surface area contributed by atoms with Crippen LogP contribution in [0.15, 0.2) is 48.9 Å². The predicted octanol–water partition coefficient (Wildman–Crippen LogP) is 3.53. The van der Waals surface area contributed by atoms with E-state index in [0.717, 1.165) is 68.2 Å². The molecule has 3 heterocycles. The third-order valence-electron chi connectivity index (χ3n) is 8.71. The van der Waals surface area contributed by atoms with E-state index in [1.807, 2.05) is 30.3 Å². The van der Waals surface area contributed by atoms with Gasteiger partial charge in [0.15, 0.2) is 5.78 Å². The normalized spacial score (nSPS) is 23.6. The number of quaternary nitrogens is 1. The molecule has 0 radical (unpaired) electrons. The zero-order chi connectivity index (χ0) is 28.4. The third-order valence-corrected chi connectivity index (χ3v) is 8.71. The largest absolute Gasteiger partial charge is 0.509 e. The van der Waals surface area contributed by atoms with E-state index in [1.165, 1.54) is 18.6 Å². The summed E-state index contributed by atoms with van der Waals surface area (Å²) in [6.07, 6.45) is 10.4. The number of rotatable bonds is 16. The summed E-state index contributed by atoms with van der Waals surface area (Å²) in [6, 6.07) is 9.11. The first-order valence-electron chi connectivity index (χ1n) is 15.0. The second kappa shape index (κ2) is 14.3. The molecular weight excluding hydrogens is 505 g/mol. The van der Waals surface area contributed by atoms with E-state index in [4.69, 9.17) is 15.0 Å². The van der Waals surface area contributed by atoms with Crippen molar-refractivity contribution in [3.63, 3.8) is 0 Å². The third kappa shape index (κ3) is 7.15. The number of hydrogen-bond donors (Lipinski definition) is 2. The fourth-order valence-electron chi connectivity index (χ4n) is 6.84. The van der Waals surface area contributed by atoms with Crippen LogP contribution in [0.25, 0.3) is 0 Å². The van der Waals surface area contributed by atoms with Crippen molar-refractivity contribution >= 4 is 18.4 Å². The van der Waals surface area contributed by atoms with Crippen LogP contribution in [0.5, 0.6) is 0 Å². The summed E-state index contributed by atoms with van der Waals surface area (Å²) in [5.74, 6) is -0.0951. The number of amides is 1. The quantitative estimate of drug-likeness (QED) is 0.242. The van der Waals surface area contributed by atoms with Crippen molar-refractivity contribution in [1.29, 1.82) is 0 Å². The van der Waals surface area contributed by atoms with Gasteiger partial charge in [-0.15, -0.1) is 0 Å². The summed E-state index contributed by atoms with van der Waals surface area (Å²) in [5, 5.41) is 2.97. The lowest BCUT2D eigenvalue weighted by Crippen LogP contribution is -2.66. The number of carbonyl (C=O) groups excluding carboxylic acids is 2. The first kappa shape index (κ1) is 30.3. The lowest BCUT2D eigenvalue weighted by atomic mass is 9.51. The molecule has 2 aliphatic rings. The monoisotopic (exact) mass is 551 g/mol. The number of benzene rings is 1. The molecule has 0 unspecified atom stereocenters. The highest BCUT2D eigenvalue weighted by Crippen LogP contribution is 2.47. The average molecular weight is 552 g/mol.